The lowest BCUT2D eigenvalue weighted by Crippen LogP contribution is -2.54. The number of nitrogens with zero attached hydrogens (tertiary/aromatic N) is 3. The molecule has 1 fully saturated rings. The van der Waals surface area contributed by atoms with E-state index in [4.69, 9.17) is 5.73 Å². The Bertz CT molecular complexity index is 500. The number of aromatic nitrogens is 2. The molecule has 1 aromatic heterocycles. The summed E-state index contributed by atoms with van der Waals surface area (Å²) in [5, 5.41) is 3.32. The van der Waals surface area contributed by atoms with Gasteiger partial charge in [-0.25, -0.2) is 4.98 Å². The number of nitrogens with two attached hydrogens (primary N) is 1. The van der Waals surface area contributed by atoms with Gasteiger partial charge in [0, 0.05) is 31.5 Å². The Morgan fingerprint density at radius 3 is 3.20 bits per heavy atom. The third-order valence-electron chi connectivity index (χ3n) is 4.77. The highest BCUT2D eigenvalue weighted by Gasteiger charge is 2.45. The lowest BCUT2D eigenvalue weighted by atomic mass is 9.96. The van der Waals surface area contributed by atoms with E-state index in [-0.39, 0.29) is 5.91 Å². The Labute approximate surface area is 119 Å². The van der Waals surface area contributed by atoms with Crippen LogP contribution in [0.5, 0.6) is 0 Å². The van der Waals surface area contributed by atoms with Gasteiger partial charge in [0.15, 0.2) is 0 Å². The van der Waals surface area contributed by atoms with Crippen LogP contribution < -0.4 is 11.1 Å². The Morgan fingerprint density at radius 1 is 1.60 bits per heavy atom. The molecule has 1 aromatic rings. The number of carbonyl (C=O) groups excluding carboxylic acids is 1. The number of carbonyl (C=O) groups is 1. The summed E-state index contributed by atoms with van der Waals surface area (Å²) in [5.74, 6) is 0.914. The fraction of sp³-hybridized carbons (Fsp3) is 0.714. The minimum absolute atomic E-state index is 0.208. The van der Waals surface area contributed by atoms with Gasteiger partial charge in [0.05, 0.1) is 12.1 Å². The van der Waals surface area contributed by atoms with Crippen molar-refractivity contribution in [1.82, 2.24) is 19.8 Å². The van der Waals surface area contributed by atoms with E-state index in [0.717, 1.165) is 51.3 Å². The number of amides is 1. The lowest BCUT2D eigenvalue weighted by molar-refractivity contribution is -0.124. The van der Waals surface area contributed by atoms with Crippen molar-refractivity contribution in [1.29, 1.82) is 0 Å². The predicted octanol–water partition coefficient (Wildman–Crippen LogP) is 0.0848. The Kier molecular flexibility index (Phi) is 3.52. The fourth-order valence-corrected chi connectivity index (χ4v) is 3.64. The maximum Gasteiger partial charge on any atom is 0.237 e. The van der Waals surface area contributed by atoms with Crippen LogP contribution in [0.15, 0.2) is 12.4 Å². The third kappa shape index (κ3) is 2.23. The fourth-order valence-electron chi connectivity index (χ4n) is 3.64. The van der Waals surface area contributed by atoms with Crippen LogP contribution in [-0.2, 0) is 17.9 Å². The highest BCUT2D eigenvalue weighted by molar-refractivity contribution is 5.85. The van der Waals surface area contributed by atoms with Gasteiger partial charge in [0.2, 0.25) is 5.91 Å². The first-order valence-corrected chi connectivity index (χ1v) is 7.43. The van der Waals surface area contributed by atoms with Crippen molar-refractivity contribution in [3.8, 4) is 0 Å². The molecule has 1 aliphatic carbocycles. The average Bonchev–Trinajstić information content (AvgIpc) is 3.05. The van der Waals surface area contributed by atoms with Gasteiger partial charge in [0.25, 0.3) is 0 Å². The van der Waals surface area contributed by atoms with Gasteiger partial charge < -0.3 is 15.6 Å². The summed E-state index contributed by atoms with van der Waals surface area (Å²) in [5.41, 5.74) is 5.13. The smallest absolute Gasteiger partial charge is 0.237 e. The van der Waals surface area contributed by atoms with Gasteiger partial charge in [-0.15, -0.1) is 0 Å². The molecule has 0 bridgehead atoms. The van der Waals surface area contributed by atoms with E-state index >= 15 is 0 Å². The monoisotopic (exact) mass is 277 g/mol. The molecule has 0 saturated heterocycles. The van der Waals surface area contributed by atoms with Crippen molar-refractivity contribution in [2.24, 2.45) is 5.73 Å². The van der Waals surface area contributed by atoms with E-state index in [1.807, 2.05) is 19.3 Å². The molecule has 0 spiro atoms. The summed E-state index contributed by atoms with van der Waals surface area (Å²) < 4.78 is 2.21. The molecule has 6 heteroatoms. The Morgan fingerprint density at radius 2 is 2.45 bits per heavy atom. The highest BCUT2D eigenvalue weighted by atomic mass is 16.1. The van der Waals surface area contributed by atoms with Crippen LogP contribution in [0.4, 0.5) is 0 Å². The van der Waals surface area contributed by atoms with Crippen molar-refractivity contribution in [3.63, 3.8) is 0 Å². The third-order valence-corrected chi connectivity index (χ3v) is 4.77. The molecule has 20 heavy (non-hydrogen) atoms. The number of primary amides is 1. The summed E-state index contributed by atoms with van der Waals surface area (Å²) in [6.07, 6.45) is 6.58. The van der Waals surface area contributed by atoms with E-state index < -0.39 is 5.54 Å². The van der Waals surface area contributed by atoms with E-state index in [0.29, 0.717) is 6.04 Å². The summed E-state index contributed by atoms with van der Waals surface area (Å²) in [7, 11) is 0. The van der Waals surface area contributed by atoms with Crippen molar-refractivity contribution in [3.05, 3.63) is 18.2 Å². The van der Waals surface area contributed by atoms with Crippen LogP contribution in [0, 0.1) is 0 Å². The van der Waals surface area contributed by atoms with E-state index in [2.05, 4.69) is 19.8 Å². The topological polar surface area (TPSA) is 76.2 Å². The summed E-state index contributed by atoms with van der Waals surface area (Å²) in [6.45, 7) is 5.68. The molecule has 1 aliphatic heterocycles. The maximum atomic E-state index is 11.8. The second-order valence-electron chi connectivity index (χ2n) is 5.88. The second kappa shape index (κ2) is 5.18. The van der Waals surface area contributed by atoms with Crippen LogP contribution in [-0.4, -0.2) is 45.0 Å². The molecule has 2 aliphatic rings. The van der Waals surface area contributed by atoms with Crippen LogP contribution in [0.1, 0.15) is 32.0 Å². The molecule has 2 heterocycles. The van der Waals surface area contributed by atoms with Gasteiger partial charge in [-0.2, -0.15) is 0 Å². The molecule has 0 aromatic carbocycles. The largest absolute Gasteiger partial charge is 0.368 e. The van der Waals surface area contributed by atoms with Crippen LogP contribution in [0.25, 0.3) is 0 Å². The Hall–Kier alpha value is -1.40. The Balaban J connectivity index is 1.70. The molecule has 2 atom stereocenters. The SMILES string of the molecule is CCNC1(C(N)=O)CCC(N2CCn3ccnc3C2)C1. The zero-order valence-electron chi connectivity index (χ0n) is 12.0. The molecule has 0 radical (unpaired) electrons. The quantitative estimate of drug-likeness (QED) is 0.817. The number of imidazole rings is 1. The number of hydrogen-bond donors (Lipinski definition) is 2. The van der Waals surface area contributed by atoms with E-state index in [1.54, 1.807) is 0 Å². The number of rotatable bonds is 4. The molecular weight excluding hydrogens is 254 g/mol. The maximum absolute atomic E-state index is 11.8. The zero-order valence-corrected chi connectivity index (χ0v) is 12.0. The second-order valence-corrected chi connectivity index (χ2v) is 5.88. The van der Waals surface area contributed by atoms with Crippen LogP contribution in [0.3, 0.4) is 0 Å². The predicted molar refractivity (Wildman–Crippen MR) is 75.9 cm³/mol. The number of hydrogen-bond acceptors (Lipinski definition) is 4. The zero-order chi connectivity index (χ0) is 14.2. The average molecular weight is 277 g/mol. The first kappa shape index (κ1) is 13.6. The van der Waals surface area contributed by atoms with Crippen molar-refractivity contribution < 1.29 is 4.79 Å². The first-order chi connectivity index (χ1) is 9.64. The lowest BCUT2D eigenvalue weighted by Gasteiger charge is -2.34. The van der Waals surface area contributed by atoms with E-state index in [1.165, 1.54) is 0 Å². The molecule has 1 amide bonds. The molecule has 110 valence electrons. The van der Waals surface area contributed by atoms with Gasteiger partial charge in [-0.1, -0.05) is 6.92 Å². The molecule has 3 N–H and O–H groups in total. The minimum atomic E-state index is -0.508. The van der Waals surface area contributed by atoms with Crippen molar-refractivity contribution in [2.45, 2.75) is 50.9 Å². The summed E-state index contributed by atoms with van der Waals surface area (Å²) in [4.78, 5) is 18.7. The molecule has 3 rings (SSSR count). The van der Waals surface area contributed by atoms with Crippen molar-refractivity contribution in [2.75, 3.05) is 13.1 Å². The number of fused-ring (bicyclic) bond motifs is 1. The first-order valence-electron chi connectivity index (χ1n) is 7.43. The summed E-state index contributed by atoms with van der Waals surface area (Å²) >= 11 is 0. The highest BCUT2D eigenvalue weighted by Crippen LogP contribution is 2.34. The van der Waals surface area contributed by atoms with Gasteiger partial charge in [-0.3, -0.25) is 9.69 Å². The normalized spacial score (nSPS) is 30.4. The molecule has 6 nitrogen and oxygen atoms in total. The van der Waals surface area contributed by atoms with E-state index in [9.17, 15) is 4.79 Å². The van der Waals surface area contributed by atoms with Gasteiger partial charge in [0.1, 0.15) is 5.82 Å². The minimum Gasteiger partial charge on any atom is -0.368 e. The van der Waals surface area contributed by atoms with Crippen LogP contribution >= 0.6 is 0 Å². The van der Waals surface area contributed by atoms with Gasteiger partial charge >= 0.3 is 0 Å². The number of nitrogens with one attached hydrogen (secondary N) is 1. The standard InChI is InChI=1S/C14H23N5O/c1-2-17-14(13(15)20)4-3-11(9-14)19-8-7-18-6-5-16-12(18)10-19/h5-6,11,17H,2-4,7-10H2,1H3,(H2,15,20). The molecular formula is C14H23N5O. The molecule has 1 saturated carbocycles. The van der Waals surface area contributed by atoms with Gasteiger partial charge in [-0.05, 0) is 25.8 Å². The number of likely N-dealkylation sites (N-methyl/N-ethyl adjacent to an activating group) is 1. The molecule has 2 unspecified atom stereocenters. The summed E-state index contributed by atoms with van der Waals surface area (Å²) in [6, 6.07) is 0.423. The van der Waals surface area contributed by atoms with Crippen LogP contribution in [0.2, 0.25) is 0 Å². The van der Waals surface area contributed by atoms with Crippen molar-refractivity contribution >= 4 is 5.91 Å².